The van der Waals surface area contributed by atoms with Gasteiger partial charge in [-0.05, 0) is 20.3 Å². The molecule has 0 saturated carbocycles. The number of carbonyl (C=O) groups is 1. The third-order valence-electron chi connectivity index (χ3n) is 2.43. The normalized spacial score (nSPS) is 9.62. The van der Waals surface area contributed by atoms with Crippen molar-refractivity contribution in [2.75, 3.05) is 72.7 Å². The van der Waals surface area contributed by atoms with Crippen LogP contribution in [0.5, 0.6) is 0 Å². The average molecular weight is 385 g/mol. The number of esters is 1. The van der Waals surface area contributed by atoms with Gasteiger partial charge in [-0.15, -0.1) is 0 Å². The molecule has 0 unspecified atom stereocenters. The Balaban J connectivity index is -0.000000346. The highest BCUT2D eigenvalue weighted by Gasteiger charge is 1.90. The number of carbonyl (C=O) groups excluding carboxylic acids is 1. The maximum absolute atomic E-state index is 10.1. The molecule has 2 N–H and O–H groups in total. The summed E-state index contributed by atoms with van der Waals surface area (Å²) in [5.74, 6) is -0.182. The molecule has 0 bridgehead atoms. The maximum atomic E-state index is 10.1. The zero-order valence-electron chi connectivity index (χ0n) is 17.0. The van der Waals surface area contributed by atoms with Crippen LogP contribution in [0.4, 0.5) is 0 Å². The van der Waals surface area contributed by atoms with Gasteiger partial charge < -0.3 is 33.9 Å². The molecule has 0 aliphatic carbocycles. The second-order valence-corrected chi connectivity index (χ2v) is 4.76. The highest BCUT2D eigenvalue weighted by molar-refractivity contribution is 5.65. The largest absolute Gasteiger partial charge is 0.466 e. The summed E-state index contributed by atoms with van der Waals surface area (Å²) in [5.41, 5.74) is 0. The first kappa shape index (κ1) is 30.0. The number of rotatable bonds is 15. The van der Waals surface area contributed by atoms with Crippen LogP contribution in [0.2, 0.25) is 0 Å². The van der Waals surface area contributed by atoms with Gasteiger partial charge in [0.2, 0.25) is 0 Å². The minimum atomic E-state index is -0.182. The Bertz CT molecular complexity index is 227. The van der Waals surface area contributed by atoms with Crippen molar-refractivity contribution in [3.05, 3.63) is 0 Å². The molecule has 0 atom stereocenters. The Labute approximate surface area is 158 Å². The van der Waals surface area contributed by atoms with Crippen LogP contribution in [0.3, 0.4) is 0 Å². The zero-order chi connectivity index (χ0) is 20.3. The van der Waals surface area contributed by atoms with Crippen LogP contribution in [0.15, 0.2) is 0 Å². The summed E-state index contributed by atoms with van der Waals surface area (Å²) in [4.78, 5) is 10.1. The van der Waals surface area contributed by atoms with Crippen molar-refractivity contribution >= 4 is 5.97 Å². The van der Waals surface area contributed by atoms with E-state index in [1.54, 1.807) is 0 Å². The van der Waals surface area contributed by atoms with Crippen molar-refractivity contribution in [1.82, 2.24) is 0 Å². The lowest BCUT2D eigenvalue weighted by Gasteiger charge is -2.04. The molecule has 0 radical (unpaired) electrons. The zero-order valence-corrected chi connectivity index (χ0v) is 17.0. The van der Waals surface area contributed by atoms with E-state index in [2.05, 4.69) is 11.7 Å². The van der Waals surface area contributed by atoms with E-state index in [1.165, 1.54) is 6.92 Å². The van der Waals surface area contributed by atoms with Gasteiger partial charge in [-0.25, -0.2) is 0 Å². The van der Waals surface area contributed by atoms with Crippen LogP contribution >= 0.6 is 0 Å². The predicted molar refractivity (Wildman–Crippen MR) is 100 cm³/mol. The molecule has 0 heterocycles. The van der Waals surface area contributed by atoms with Crippen molar-refractivity contribution in [3.8, 4) is 0 Å². The molecule has 0 rings (SSSR count). The molecule has 0 aromatic carbocycles. The fraction of sp³-hybridized carbons (Fsp3) is 0.944. The molecule has 0 aliphatic rings. The SMILES string of the molecule is CCCCOC(C)=O.CCOCC.OCCOCCOCCOCCO. The number of aliphatic hydroxyl groups is 2. The highest BCUT2D eigenvalue weighted by atomic mass is 16.5. The van der Waals surface area contributed by atoms with E-state index < -0.39 is 0 Å². The summed E-state index contributed by atoms with van der Waals surface area (Å²) < 4.78 is 24.5. The van der Waals surface area contributed by atoms with Crippen molar-refractivity contribution < 1.29 is 38.7 Å². The van der Waals surface area contributed by atoms with Gasteiger partial charge in [-0.2, -0.15) is 0 Å². The molecule has 0 fully saturated rings. The van der Waals surface area contributed by atoms with Crippen LogP contribution in [0.1, 0.15) is 40.5 Å². The smallest absolute Gasteiger partial charge is 0.302 e. The van der Waals surface area contributed by atoms with E-state index in [1.807, 2.05) is 13.8 Å². The predicted octanol–water partition coefficient (Wildman–Crippen LogP) is 1.41. The van der Waals surface area contributed by atoms with Gasteiger partial charge in [0.25, 0.3) is 0 Å². The van der Waals surface area contributed by atoms with Crippen LogP contribution in [0.25, 0.3) is 0 Å². The number of aliphatic hydroxyl groups excluding tert-OH is 2. The molecular formula is C18H40O8. The maximum Gasteiger partial charge on any atom is 0.302 e. The monoisotopic (exact) mass is 384 g/mol. The Morgan fingerprint density at radius 3 is 1.38 bits per heavy atom. The third-order valence-corrected chi connectivity index (χ3v) is 2.43. The molecule has 0 amide bonds. The third kappa shape index (κ3) is 43.6. The molecule has 8 nitrogen and oxygen atoms in total. The van der Waals surface area contributed by atoms with E-state index in [0.29, 0.717) is 46.2 Å². The van der Waals surface area contributed by atoms with Crippen molar-refractivity contribution in [2.24, 2.45) is 0 Å². The first-order valence-corrected chi connectivity index (χ1v) is 9.26. The molecule has 8 heteroatoms. The summed E-state index contributed by atoms with van der Waals surface area (Å²) in [6.07, 6.45) is 2.05. The average Bonchev–Trinajstić information content (AvgIpc) is 2.62. The van der Waals surface area contributed by atoms with E-state index in [9.17, 15) is 4.79 Å². The Morgan fingerprint density at radius 1 is 0.692 bits per heavy atom. The minimum Gasteiger partial charge on any atom is -0.466 e. The molecule has 0 aromatic rings. The van der Waals surface area contributed by atoms with Gasteiger partial charge in [-0.3, -0.25) is 4.79 Å². The van der Waals surface area contributed by atoms with Gasteiger partial charge in [-0.1, -0.05) is 13.3 Å². The van der Waals surface area contributed by atoms with Crippen LogP contribution in [-0.2, 0) is 28.5 Å². The lowest BCUT2D eigenvalue weighted by Crippen LogP contribution is -2.11. The topological polar surface area (TPSA) is 104 Å². The van der Waals surface area contributed by atoms with Crippen LogP contribution in [0, 0.1) is 0 Å². The first-order chi connectivity index (χ1) is 12.6. The molecule has 0 spiro atoms. The van der Waals surface area contributed by atoms with E-state index in [4.69, 9.17) is 29.2 Å². The summed E-state index contributed by atoms with van der Waals surface area (Å²) in [5, 5.41) is 16.7. The quantitative estimate of drug-likeness (QED) is 0.323. The van der Waals surface area contributed by atoms with Gasteiger partial charge in [0, 0.05) is 20.1 Å². The first-order valence-electron chi connectivity index (χ1n) is 9.26. The molecule has 0 aliphatic heterocycles. The lowest BCUT2D eigenvalue weighted by atomic mass is 10.4. The number of unbranched alkanes of at least 4 members (excludes halogenated alkanes) is 1. The summed E-state index contributed by atoms with van der Waals surface area (Å²) >= 11 is 0. The second-order valence-electron chi connectivity index (χ2n) is 4.76. The van der Waals surface area contributed by atoms with Crippen LogP contribution in [-0.4, -0.2) is 88.9 Å². The minimum absolute atomic E-state index is 0.0413. The molecule has 0 aromatic heterocycles. The summed E-state index contributed by atoms with van der Waals surface area (Å²) in [7, 11) is 0. The highest BCUT2D eigenvalue weighted by Crippen LogP contribution is 1.86. The molecule has 0 saturated heterocycles. The lowest BCUT2D eigenvalue weighted by molar-refractivity contribution is -0.141. The molecule has 26 heavy (non-hydrogen) atoms. The number of hydrogen-bond acceptors (Lipinski definition) is 8. The van der Waals surface area contributed by atoms with Gasteiger partial charge in [0.05, 0.1) is 59.5 Å². The molecular weight excluding hydrogens is 344 g/mol. The second kappa shape index (κ2) is 31.9. The number of ether oxygens (including phenoxy) is 5. The van der Waals surface area contributed by atoms with Crippen molar-refractivity contribution in [3.63, 3.8) is 0 Å². The summed E-state index contributed by atoms with van der Waals surface area (Å²) in [6, 6.07) is 0. The Hall–Kier alpha value is -0.770. The Kier molecular flexibility index (Phi) is 36.8. The van der Waals surface area contributed by atoms with Gasteiger partial charge in [0.1, 0.15) is 0 Å². The van der Waals surface area contributed by atoms with E-state index in [-0.39, 0.29) is 19.2 Å². The Morgan fingerprint density at radius 2 is 1.12 bits per heavy atom. The van der Waals surface area contributed by atoms with Crippen LogP contribution < -0.4 is 0 Å². The standard InChI is InChI=1S/C8H18O5.C6H12O2.C4H10O/c9-1-3-11-5-7-13-8-6-12-4-2-10;1-3-4-5-8-6(2)7;1-3-5-4-2/h9-10H,1-8H2;3-5H2,1-2H3;3-4H2,1-2H3. The molecule has 160 valence electrons. The van der Waals surface area contributed by atoms with Crippen molar-refractivity contribution in [2.45, 2.75) is 40.5 Å². The van der Waals surface area contributed by atoms with Crippen molar-refractivity contribution in [1.29, 1.82) is 0 Å². The van der Waals surface area contributed by atoms with E-state index in [0.717, 1.165) is 26.1 Å². The summed E-state index contributed by atoms with van der Waals surface area (Å²) in [6.45, 7) is 12.5. The fourth-order valence-electron chi connectivity index (χ4n) is 1.24. The van der Waals surface area contributed by atoms with Gasteiger partial charge in [0.15, 0.2) is 0 Å². The van der Waals surface area contributed by atoms with Gasteiger partial charge >= 0.3 is 5.97 Å². The number of hydrogen-bond donors (Lipinski definition) is 2. The fourth-order valence-corrected chi connectivity index (χ4v) is 1.24. The van der Waals surface area contributed by atoms with E-state index >= 15 is 0 Å².